The number of thioether (sulfide) groups is 1. The molecule has 2 fully saturated rings. The molecule has 0 amide bonds. The summed E-state index contributed by atoms with van der Waals surface area (Å²) in [6.07, 6.45) is 3.82. The molecule has 5 heteroatoms. The summed E-state index contributed by atoms with van der Waals surface area (Å²) in [6, 6.07) is 0.548. The minimum atomic E-state index is -0.349. The molecule has 0 aromatic rings. The van der Waals surface area contributed by atoms with Crippen LogP contribution in [0.1, 0.15) is 25.7 Å². The summed E-state index contributed by atoms with van der Waals surface area (Å²) in [5.41, 5.74) is 0.145. The van der Waals surface area contributed by atoms with E-state index >= 15 is 0 Å². The lowest BCUT2D eigenvalue weighted by Gasteiger charge is -2.38. The summed E-state index contributed by atoms with van der Waals surface area (Å²) in [6.45, 7) is 2.16. The molecule has 2 aliphatic heterocycles. The monoisotopic (exact) mass is 275 g/mol. The van der Waals surface area contributed by atoms with Gasteiger partial charge in [0.1, 0.15) is 0 Å². The molecule has 0 radical (unpaired) electrons. The van der Waals surface area contributed by atoms with Gasteiger partial charge in [-0.3, -0.25) is 0 Å². The third kappa shape index (κ3) is 4.10. The number of ether oxygens (including phenoxy) is 2. The second-order valence-corrected chi connectivity index (χ2v) is 6.48. The lowest BCUT2D eigenvalue weighted by Crippen LogP contribution is -2.47. The third-order valence-corrected chi connectivity index (χ3v) is 5.05. The van der Waals surface area contributed by atoms with Gasteiger partial charge in [0.15, 0.2) is 0 Å². The molecule has 0 aromatic heterocycles. The Labute approximate surface area is 114 Å². The Hall–Kier alpha value is 0.190. The molecule has 1 spiro atoms. The van der Waals surface area contributed by atoms with E-state index in [1.54, 1.807) is 7.11 Å². The first-order valence-corrected chi connectivity index (χ1v) is 8.02. The Morgan fingerprint density at radius 2 is 2.50 bits per heavy atom. The summed E-state index contributed by atoms with van der Waals surface area (Å²) in [7, 11) is 1.62. The molecule has 2 N–H and O–H groups in total. The summed E-state index contributed by atoms with van der Waals surface area (Å²) >= 11 is 2.01. The number of aliphatic hydroxyl groups is 1. The highest BCUT2D eigenvalue weighted by atomic mass is 32.2. The zero-order valence-electron chi connectivity index (χ0n) is 11.2. The zero-order chi connectivity index (χ0) is 12.8. The van der Waals surface area contributed by atoms with E-state index in [1.165, 1.54) is 12.2 Å². The molecule has 2 aliphatic rings. The molecular weight excluding hydrogens is 250 g/mol. The quantitative estimate of drug-likeness (QED) is 0.758. The van der Waals surface area contributed by atoms with E-state index in [2.05, 4.69) is 5.32 Å². The minimum Gasteiger partial charge on any atom is -0.391 e. The van der Waals surface area contributed by atoms with Gasteiger partial charge < -0.3 is 19.9 Å². The van der Waals surface area contributed by atoms with Crippen molar-refractivity contribution >= 4 is 11.8 Å². The van der Waals surface area contributed by atoms with Gasteiger partial charge in [-0.15, -0.1) is 0 Å². The van der Waals surface area contributed by atoms with Crippen molar-refractivity contribution in [3.05, 3.63) is 0 Å². The molecule has 4 nitrogen and oxygen atoms in total. The smallest absolute Gasteiger partial charge is 0.0795 e. The van der Waals surface area contributed by atoms with Crippen LogP contribution in [0.15, 0.2) is 0 Å². The van der Waals surface area contributed by atoms with Crippen molar-refractivity contribution in [1.29, 1.82) is 0 Å². The summed E-state index contributed by atoms with van der Waals surface area (Å²) in [5.74, 6) is 2.39. The van der Waals surface area contributed by atoms with E-state index in [9.17, 15) is 5.11 Å². The summed E-state index contributed by atoms with van der Waals surface area (Å²) < 4.78 is 10.9. The number of aliphatic hydroxyl groups excluding tert-OH is 1. The van der Waals surface area contributed by atoms with Crippen molar-refractivity contribution < 1.29 is 14.6 Å². The first kappa shape index (κ1) is 14.6. The second kappa shape index (κ2) is 7.10. The van der Waals surface area contributed by atoms with E-state index in [4.69, 9.17) is 9.47 Å². The maximum Gasteiger partial charge on any atom is 0.0795 e. The van der Waals surface area contributed by atoms with Crippen LogP contribution in [0, 0.1) is 0 Å². The van der Waals surface area contributed by atoms with E-state index < -0.39 is 0 Å². The van der Waals surface area contributed by atoms with E-state index in [0.29, 0.717) is 12.6 Å². The summed E-state index contributed by atoms with van der Waals surface area (Å²) in [5, 5.41) is 13.1. The molecule has 0 saturated carbocycles. The van der Waals surface area contributed by atoms with Gasteiger partial charge in [-0.05, 0) is 38.0 Å². The Morgan fingerprint density at radius 1 is 1.61 bits per heavy atom. The number of hydrogen-bond donors (Lipinski definition) is 2. The first-order chi connectivity index (χ1) is 8.74. The van der Waals surface area contributed by atoms with Gasteiger partial charge in [0.05, 0.1) is 18.3 Å². The van der Waals surface area contributed by atoms with Crippen LogP contribution < -0.4 is 5.32 Å². The first-order valence-electron chi connectivity index (χ1n) is 6.86. The molecule has 0 bridgehead atoms. The van der Waals surface area contributed by atoms with Gasteiger partial charge in [-0.25, -0.2) is 0 Å². The molecule has 2 heterocycles. The minimum absolute atomic E-state index is 0.145. The van der Waals surface area contributed by atoms with Crippen LogP contribution in [0.4, 0.5) is 0 Å². The molecule has 18 heavy (non-hydrogen) atoms. The van der Waals surface area contributed by atoms with Gasteiger partial charge >= 0.3 is 0 Å². The maximum absolute atomic E-state index is 9.59. The van der Waals surface area contributed by atoms with E-state index in [1.807, 2.05) is 11.8 Å². The zero-order valence-corrected chi connectivity index (χ0v) is 12.0. The highest BCUT2D eigenvalue weighted by Gasteiger charge is 2.40. The van der Waals surface area contributed by atoms with Crippen LogP contribution in [-0.4, -0.2) is 61.2 Å². The average Bonchev–Trinajstić information content (AvgIpc) is 2.78. The Bertz CT molecular complexity index is 246. The Kier molecular flexibility index (Phi) is 5.76. The standard InChI is InChI=1S/C13H25NO3S/c1-16-9-12(15)2-5-14-11-3-6-17-13(8-11)4-7-18-10-13/h11-12,14-15H,2-10H2,1H3. The second-order valence-electron chi connectivity index (χ2n) is 5.38. The van der Waals surface area contributed by atoms with Crippen LogP contribution in [0.5, 0.6) is 0 Å². The Balaban J connectivity index is 1.66. The molecular formula is C13H25NO3S. The van der Waals surface area contributed by atoms with Crippen molar-refractivity contribution in [2.24, 2.45) is 0 Å². The number of rotatable bonds is 6. The number of hydrogen-bond acceptors (Lipinski definition) is 5. The predicted octanol–water partition coefficient (Wildman–Crippen LogP) is 1.03. The largest absolute Gasteiger partial charge is 0.391 e. The topological polar surface area (TPSA) is 50.7 Å². The lowest BCUT2D eigenvalue weighted by molar-refractivity contribution is -0.0703. The van der Waals surface area contributed by atoms with E-state index in [-0.39, 0.29) is 11.7 Å². The lowest BCUT2D eigenvalue weighted by atomic mass is 9.90. The van der Waals surface area contributed by atoms with Crippen molar-refractivity contribution in [2.45, 2.75) is 43.4 Å². The fourth-order valence-electron chi connectivity index (χ4n) is 2.80. The fourth-order valence-corrected chi connectivity index (χ4v) is 4.17. The van der Waals surface area contributed by atoms with Gasteiger partial charge in [-0.1, -0.05) is 0 Å². The van der Waals surface area contributed by atoms with Gasteiger partial charge in [-0.2, -0.15) is 11.8 Å². The maximum atomic E-state index is 9.59. The van der Waals surface area contributed by atoms with Gasteiger partial charge in [0, 0.05) is 25.5 Å². The molecule has 3 atom stereocenters. The van der Waals surface area contributed by atoms with E-state index in [0.717, 1.165) is 38.2 Å². The van der Waals surface area contributed by atoms with Crippen LogP contribution >= 0.6 is 11.8 Å². The molecule has 3 unspecified atom stereocenters. The molecule has 2 rings (SSSR count). The van der Waals surface area contributed by atoms with Crippen molar-refractivity contribution in [1.82, 2.24) is 5.32 Å². The predicted molar refractivity (Wildman–Crippen MR) is 74.1 cm³/mol. The molecule has 0 aromatic carbocycles. The van der Waals surface area contributed by atoms with Crippen LogP contribution in [0.3, 0.4) is 0 Å². The SMILES string of the molecule is COCC(O)CCNC1CCOC2(CCSC2)C1. The van der Waals surface area contributed by atoms with Crippen LogP contribution in [0.2, 0.25) is 0 Å². The van der Waals surface area contributed by atoms with Crippen LogP contribution in [-0.2, 0) is 9.47 Å². The van der Waals surface area contributed by atoms with Crippen molar-refractivity contribution in [2.75, 3.05) is 38.4 Å². The normalized spacial score (nSPS) is 34.0. The van der Waals surface area contributed by atoms with Crippen molar-refractivity contribution in [3.63, 3.8) is 0 Å². The Morgan fingerprint density at radius 3 is 3.22 bits per heavy atom. The molecule has 2 saturated heterocycles. The van der Waals surface area contributed by atoms with Crippen LogP contribution in [0.25, 0.3) is 0 Å². The molecule has 106 valence electrons. The highest BCUT2D eigenvalue weighted by Crippen LogP contribution is 2.38. The van der Waals surface area contributed by atoms with Crippen molar-refractivity contribution in [3.8, 4) is 0 Å². The third-order valence-electron chi connectivity index (χ3n) is 3.83. The fraction of sp³-hybridized carbons (Fsp3) is 1.00. The molecule has 0 aliphatic carbocycles. The number of nitrogens with one attached hydrogen (secondary N) is 1. The van der Waals surface area contributed by atoms with Gasteiger partial charge in [0.25, 0.3) is 0 Å². The van der Waals surface area contributed by atoms with Gasteiger partial charge in [0.2, 0.25) is 0 Å². The summed E-state index contributed by atoms with van der Waals surface area (Å²) in [4.78, 5) is 0. The average molecular weight is 275 g/mol. The highest BCUT2D eigenvalue weighted by molar-refractivity contribution is 7.99. The number of methoxy groups -OCH3 is 1.